The van der Waals surface area contributed by atoms with E-state index in [4.69, 9.17) is 14.4 Å². The van der Waals surface area contributed by atoms with E-state index in [2.05, 4.69) is 152 Å². The summed E-state index contributed by atoms with van der Waals surface area (Å²) in [5.74, 6) is 0. The number of rotatable bonds is 2. The molecule has 0 aliphatic rings. The van der Waals surface area contributed by atoms with Crippen LogP contribution in [0.1, 0.15) is 0 Å². The minimum Gasteiger partial charge on any atom is -0.456 e. The molecule has 11 rings (SSSR count). The van der Waals surface area contributed by atoms with E-state index in [0.29, 0.717) is 0 Å². The fraction of sp³-hybridized carbons (Fsp3) is 0. The van der Waals surface area contributed by atoms with Gasteiger partial charge in [0.1, 0.15) is 11.2 Å². The fourth-order valence-corrected chi connectivity index (χ4v) is 7.93. The molecule has 3 aromatic heterocycles. The van der Waals surface area contributed by atoms with Crippen LogP contribution in [-0.2, 0) is 0 Å². The summed E-state index contributed by atoms with van der Waals surface area (Å²) in [4.78, 5) is 10.4. The number of furan rings is 1. The minimum atomic E-state index is 0.914. The van der Waals surface area contributed by atoms with Crippen molar-refractivity contribution in [2.24, 2.45) is 0 Å². The third-order valence-corrected chi connectivity index (χ3v) is 10.2. The van der Waals surface area contributed by atoms with Gasteiger partial charge in [0.2, 0.25) is 0 Å². The third-order valence-electron chi connectivity index (χ3n) is 10.2. The van der Waals surface area contributed by atoms with E-state index in [9.17, 15) is 0 Å². The van der Waals surface area contributed by atoms with Crippen molar-refractivity contribution >= 4 is 86.8 Å². The Hall–Kier alpha value is -6.58. The zero-order valence-corrected chi connectivity index (χ0v) is 26.3. The Morgan fingerprint density at radius 3 is 1.67 bits per heavy atom. The van der Waals surface area contributed by atoms with Gasteiger partial charge in [-0.05, 0) is 74.1 Å². The topological polar surface area (TPSA) is 38.9 Å². The highest BCUT2D eigenvalue weighted by Gasteiger charge is 2.18. The van der Waals surface area contributed by atoms with Gasteiger partial charge in [0.15, 0.2) is 0 Å². The minimum absolute atomic E-state index is 0.914. The average Bonchev–Trinajstić information content (AvgIpc) is 3.57. The Bertz CT molecular complexity index is 3140. The van der Waals surface area contributed by atoms with Gasteiger partial charge in [-0.25, -0.2) is 9.97 Å². The first-order valence-corrected chi connectivity index (χ1v) is 16.7. The molecule has 0 N–H and O–H groups in total. The highest BCUT2D eigenvalue weighted by Crippen LogP contribution is 2.45. The second kappa shape index (κ2) is 9.96. The molecule has 3 heterocycles. The first-order chi connectivity index (χ1) is 24.3. The molecular weight excluding hydrogens is 597 g/mol. The Morgan fingerprint density at radius 2 is 0.878 bits per heavy atom. The molecular formula is C46H26N2O. The maximum absolute atomic E-state index is 6.49. The van der Waals surface area contributed by atoms with E-state index in [1.54, 1.807) is 0 Å². The average molecular weight is 623 g/mol. The molecule has 0 unspecified atom stereocenters. The molecule has 0 aliphatic carbocycles. The lowest BCUT2D eigenvalue weighted by Crippen LogP contribution is -1.91. The van der Waals surface area contributed by atoms with Gasteiger partial charge < -0.3 is 4.42 Å². The van der Waals surface area contributed by atoms with E-state index in [0.717, 1.165) is 55.5 Å². The fourth-order valence-electron chi connectivity index (χ4n) is 7.93. The molecule has 49 heavy (non-hydrogen) atoms. The molecule has 0 radical (unpaired) electrons. The second-order valence-electron chi connectivity index (χ2n) is 12.9. The summed E-state index contributed by atoms with van der Waals surface area (Å²) in [7, 11) is 0. The molecule has 226 valence electrons. The summed E-state index contributed by atoms with van der Waals surface area (Å²) in [5.41, 5.74) is 7.72. The van der Waals surface area contributed by atoms with Crippen molar-refractivity contribution in [1.82, 2.24) is 9.97 Å². The zero-order valence-electron chi connectivity index (χ0n) is 26.3. The van der Waals surface area contributed by atoms with Crippen molar-refractivity contribution in [2.75, 3.05) is 0 Å². The van der Waals surface area contributed by atoms with E-state index in [-0.39, 0.29) is 0 Å². The molecule has 0 amide bonds. The number of benzene rings is 8. The summed E-state index contributed by atoms with van der Waals surface area (Å²) >= 11 is 0. The van der Waals surface area contributed by atoms with Gasteiger partial charge in [-0.15, -0.1) is 0 Å². The smallest absolute Gasteiger partial charge is 0.136 e. The van der Waals surface area contributed by atoms with E-state index >= 15 is 0 Å². The molecule has 3 nitrogen and oxygen atoms in total. The highest BCUT2D eigenvalue weighted by atomic mass is 16.3. The first kappa shape index (κ1) is 26.5. The Kier molecular flexibility index (Phi) is 5.38. The maximum Gasteiger partial charge on any atom is 0.136 e. The SMILES string of the molecule is c1ccc(-c2ccc3ccc4ccc(-c5ccc6c(c5)c5ccccc5c5c6ccc6oc7ccc8ccccc8c7c65)nc4c3n2)cc1. The second-order valence-corrected chi connectivity index (χ2v) is 12.9. The van der Waals surface area contributed by atoms with Crippen LogP contribution in [0.5, 0.6) is 0 Å². The number of nitrogens with zero attached hydrogens (tertiary/aromatic N) is 2. The van der Waals surface area contributed by atoms with Crippen molar-refractivity contribution in [1.29, 1.82) is 0 Å². The Morgan fingerprint density at radius 1 is 0.327 bits per heavy atom. The molecule has 0 fully saturated rings. The molecule has 0 aliphatic heterocycles. The van der Waals surface area contributed by atoms with E-state index in [1.165, 1.54) is 53.9 Å². The van der Waals surface area contributed by atoms with Gasteiger partial charge in [-0.3, -0.25) is 0 Å². The van der Waals surface area contributed by atoms with Gasteiger partial charge in [0.25, 0.3) is 0 Å². The summed E-state index contributed by atoms with van der Waals surface area (Å²) < 4.78 is 6.49. The van der Waals surface area contributed by atoms with Crippen LogP contribution < -0.4 is 0 Å². The molecule has 8 aromatic carbocycles. The summed E-state index contributed by atoms with van der Waals surface area (Å²) in [6.45, 7) is 0. The Balaban J connectivity index is 1.17. The van der Waals surface area contributed by atoms with Crippen LogP contribution in [0.15, 0.2) is 162 Å². The number of aromatic nitrogens is 2. The van der Waals surface area contributed by atoms with Crippen LogP contribution in [0, 0.1) is 0 Å². The van der Waals surface area contributed by atoms with Crippen LogP contribution in [0.2, 0.25) is 0 Å². The lowest BCUT2D eigenvalue weighted by atomic mass is 9.90. The van der Waals surface area contributed by atoms with Gasteiger partial charge in [0, 0.05) is 38.1 Å². The van der Waals surface area contributed by atoms with Crippen molar-refractivity contribution in [3.63, 3.8) is 0 Å². The van der Waals surface area contributed by atoms with Crippen molar-refractivity contribution < 1.29 is 4.42 Å². The molecule has 0 bridgehead atoms. The van der Waals surface area contributed by atoms with Gasteiger partial charge in [0.05, 0.1) is 22.4 Å². The van der Waals surface area contributed by atoms with Crippen LogP contribution in [0.25, 0.3) is 109 Å². The molecule has 0 atom stereocenters. The lowest BCUT2D eigenvalue weighted by molar-refractivity contribution is 0.669. The third kappa shape index (κ3) is 3.84. The van der Waals surface area contributed by atoms with E-state index < -0.39 is 0 Å². The lowest BCUT2D eigenvalue weighted by Gasteiger charge is -2.13. The van der Waals surface area contributed by atoms with Crippen molar-refractivity contribution in [3.8, 4) is 22.5 Å². The monoisotopic (exact) mass is 622 g/mol. The summed E-state index contributed by atoms with van der Waals surface area (Å²) in [6.07, 6.45) is 0. The largest absolute Gasteiger partial charge is 0.456 e. The van der Waals surface area contributed by atoms with Crippen LogP contribution in [-0.4, -0.2) is 9.97 Å². The van der Waals surface area contributed by atoms with Crippen LogP contribution in [0.3, 0.4) is 0 Å². The molecule has 0 saturated carbocycles. The molecule has 0 spiro atoms. The standard InChI is InChI=1S/C46H26N2O/c1-2-9-28(10-3-1)38-22-17-29-14-15-30-18-23-39(48-46(30)45(29)47-38)31-16-20-34-36-21-25-41-44(42(36)35-13-7-6-12-33(35)37(34)26-31)43-32-11-5-4-8-27(32)19-24-40(43)49-41/h1-26H. The molecule has 0 saturated heterocycles. The number of hydrogen-bond acceptors (Lipinski definition) is 3. The zero-order chi connectivity index (χ0) is 32.1. The van der Waals surface area contributed by atoms with Crippen molar-refractivity contribution in [2.45, 2.75) is 0 Å². The first-order valence-electron chi connectivity index (χ1n) is 16.7. The summed E-state index contributed by atoms with van der Waals surface area (Å²) in [5, 5.41) is 14.3. The van der Waals surface area contributed by atoms with E-state index in [1.807, 2.05) is 6.07 Å². The molecule has 11 aromatic rings. The van der Waals surface area contributed by atoms with Gasteiger partial charge in [-0.1, -0.05) is 121 Å². The normalized spacial score (nSPS) is 12.1. The predicted octanol–water partition coefficient (Wildman–Crippen LogP) is 12.6. The Labute approximate surface area is 280 Å². The van der Waals surface area contributed by atoms with Crippen LogP contribution in [0.4, 0.5) is 0 Å². The number of fused-ring (bicyclic) bond motifs is 15. The summed E-state index contributed by atoms with van der Waals surface area (Å²) in [6, 6.07) is 56.0. The number of hydrogen-bond donors (Lipinski definition) is 0. The highest BCUT2D eigenvalue weighted by molar-refractivity contribution is 6.37. The molecule has 3 heteroatoms. The van der Waals surface area contributed by atoms with Crippen molar-refractivity contribution in [3.05, 3.63) is 158 Å². The maximum atomic E-state index is 6.49. The number of pyridine rings is 2. The van der Waals surface area contributed by atoms with Gasteiger partial charge >= 0.3 is 0 Å². The predicted molar refractivity (Wildman–Crippen MR) is 205 cm³/mol. The quantitative estimate of drug-likeness (QED) is 0.180. The van der Waals surface area contributed by atoms with Crippen LogP contribution >= 0.6 is 0 Å². The van der Waals surface area contributed by atoms with Gasteiger partial charge in [-0.2, -0.15) is 0 Å².